The zero-order valence-electron chi connectivity index (χ0n) is 19.3. The summed E-state index contributed by atoms with van der Waals surface area (Å²) < 4.78 is 29.5. The van der Waals surface area contributed by atoms with Crippen LogP contribution < -0.4 is 15.0 Å². The van der Waals surface area contributed by atoms with Crippen LogP contribution in [-0.4, -0.2) is 29.3 Å². The van der Waals surface area contributed by atoms with Crippen molar-refractivity contribution in [2.45, 2.75) is 13.5 Å². The quantitative estimate of drug-likeness (QED) is 0.314. The van der Waals surface area contributed by atoms with Gasteiger partial charge in [-0.3, -0.25) is 14.5 Å². The Hall–Kier alpha value is -3.40. The summed E-state index contributed by atoms with van der Waals surface area (Å²) in [4.78, 5) is 31.7. The monoisotopic (exact) mass is 561 g/mol. The van der Waals surface area contributed by atoms with Gasteiger partial charge in [0.15, 0.2) is 5.17 Å². The smallest absolute Gasteiger partial charge is 0.387 e. The van der Waals surface area contributed by atoms with Crippen molar-refractivity contribution in [3.63, 3.8) is 0 Å². The summed E-state index contributed by atoms with van der Waals surface area (Å²) in [7, 11) is 0. The van der Waals surface area contributed by atoms with Crippen LogP contribution in [0.15, 0.2) is 77.4 Å². The molecule has 3 aromatic carbocycles. The molecule has 0 aromatic heterocycles. The molecule has 37 heavy (non-hydrogen) atoms. The van der Waals surface area contributed by atoms with Gasteiger partial charge < -0.3 is 10.1 Å². The molecule has 11 heteroatoms. The largest absolute Gasteiger partial charge is 0.435 e. The number of benzene rings is 3. The van der Waals surface area contributed by atoms with Crippen LogP contribution in [0.25, 0.3) is 6.08 Å². The number of anilines is 2. The van der Waals surface area contributed by atoms with E-state index in [9.17, 15) is 18.4 Å². The molecule has 0 fully saturated rings. The third-order valence-corrected chi connectivity index (χ3v) is 6.54. The molecule has 0 saturated carbocycles. The lowest BCUT2D eigenvalue weighted by Gasteiger charge is -2.18. The highest BCUT2D eigenvalue weighted by atomic mass is 35.5. The zero-order valence-corrected chi connectivity index (χ0v) is 21.6. The molecule has 0 spiro atoms. The third-order valence-electron chi connectivity index (χ3n) is 5.04. The van der Waals surface area contributed by atoms with Gasteiger partial charge in [-0.05, 0) is 72.7 Å². The molecule has 4 rings (SSSR count). The molecule has 2 amide bonds. The summed E-state index contributed by atoms with van der Waals surface area (Å²) in [5.74, 6) is -0.851. The minimum atomic E-state index is -2.97. The summed E-state index contributed by atoms with van der Waals surface area (Å²) in [5, 5.41) is 3.83. The molecule has 3 aromatic rings. The van der Waals surface area contributed by atoms with Gasteiger partial charge in [0.2, 0.25) is 5.91 Å². The molecule has 0 bridgehead atoms. The highest BCUT2D eigenvalue weighted by Gasteiger charge is 2.32. The molecule has 0 radical (unpaired) electrons. The first-order valence-corrected chi connectivity index (χ1v) is 12.6. The number of amides is 2. The first kappa shape index (κ1) is 26.7. The number of halogens is 4. The second-order valence-electron chi connectivity index (χ2n) is 7.81. The Labute approximate surface area is 225 Å². The Balaban J connectivity index is 1.59. The van der Waals surface area contributed by atoms with Crippen molar-refractivity contribution in [2.24, 2.45) is 4.99 Å². The lowest BCUT2D eigenvalue weighted by molar-refractivity contribution is -0.114. The topological polar surface area (TPSA) is 71.0 Å². The molecule has 190 valence electrons. The summed E-state index contributed by atoms with van der Waals surface area (Å²) in [5.41, 5.74) is 2.63. The highest BCUT2D eigenvalue weighted by molar-refractivity contribution is 8.14. The van der Waals surface area contributed by atoms with Gasteiger partial charge in [0, 0.05) is 15.7 Å². The highest BCUT2D eigenvalue weighted by Crippen LogP contribution is 2.32. The van der Waals surface area contributed by atoms with E-state index in [1.165, 1.54) is 35.2 Å². The number of rotatable bonds is 7. The molecule has 0 saturated heterocycles. The number of carbonyl (C=O) groups excluding carboxylic acids is 2. The van der Waals surface area contributed by atoms with Gasteiger partial charge in [0.25, 0.3) is 5.91 Å². The normalized spacial score (nSPS) is 14.3. The number of amidine groups is 1. The van der Waals surface area contributed by atoms with Gasteiger partial charge >= 0.3 is 6.61 Å². The van der Waals surface area contributed by atoms with E-state index in [2.05, 4.69) is 15.0 Å². The van der Waals surface area contributed by atoms with Crippen molar-refractivity contribution in [2.75, 3.05) is 16.0 Å². The molecule has 1 aliphatic heterocycles. The van der Waals surface area contributed by atoms with Crippen LogP contribution >= 0.6 is 35.0 Å². The van der Waals surface area contributed by atoms with Crippen molar-refractivity contribution < 1.29 is 23.1 Å². The van der Waals surface area contributed by atoms with Crippen molar-refractivity contribution >= 4 is 69.4 Å². The molecule has 0 unspecified atom stereocenters. The molecule has 6 nitrogen and oxygen atoms in total. The van der Waals surface area contributed by atoms with E-state index in [1.54, 1.807) is 24.3 Å². The average molecular weight is 562 g/mol. The van der Waals surface area contributed by atoms with E-state index in [-0.39, 0.29) is 28.3 Å². The first-order valence-electron chi connectivity index (χ1n) is 10.8. The Bertz CT molecular complexity index is 1400. The third kappa shape index (κ3) is 6.88. The Morgan fingerprint density at radius 2 is 1.89 bits per heavy atom. The van der Waals surface area contributed by atoms with Gasteiger partial charge in [0.05, 0.1) is 11.4 Å². The van der Waals surface area contributed by atoms with E-state index in [1.807, 2.05) is 25.1 Å². The van der Waals surface area contributed by atoms with E-state index in [4.69, 9.17) is 23.2 Å². The Morgan fingerprint density at radius 3 is 2.57 bits per heavy atom. The average Bonchev–Trinajstić information content (AvgIpc) is 3.14. The van der Waals surface area contributed by atoms with Crippen molar-refractivity contribution in [3.05, 3.63) is 93.6 Å². The van der Waals surface area contributed by atoms with Gasteiger partial charge in [-0.25, -0.2) is 4.99 Å². The molecule has 1 aliphatic rings. The zero-order chi connectivity index (χ0) is 26.5. The number of hydrogen-bond donors (Lipinski definition) is 1. The molecule has 1 N–H and O–H groups in total. The summed E-state index contributed by atoms with van der Waals surface area (Å²) in [6, 6.07) is 17.7. The van der Waals surface area contributed by atoms with Gasteiger partial charge in [0.1, 0.15) is 11.4 Å². The fraction of sp³-hybridized carbons (Fsp3) is 0.115. The maximum absolute atomic E-state index is 13.3. The summed E-state index contributed by atoms with van der Waals surface area (Å²) in [6.07, 6.45) is 1.52. The molecule has 1 heterocycles. The Morgan fingerprint density at radius 1 is 1.14 bits per heavy atom. The standard InChI is InChI=1S/C26H19Cl2F2N3O3S/c1-15-3-2-4-18(11-15)31-23(34)14-37-26-32-22(12-16-5-6-17(27)13-21(16)28)24(35)33(26)19-7-9-20(10-8-19)36-25(29)30/h2-13,25H,14H2,1H3,(H,31,34)/b22-12+. The number of nitrogens with zero attached hydrogens (tertiary/aromatic N) is 2. The van der Waals surface area contributed by atoms with Gasteiger partial charge in [-0.1, -0.05) is 53.2 Å². The number of hydrogen-bond acceptors (Lipinski definition) is 5. The summed E-state index contributed by atoms with van der Waals surface area (Å²) >= 11 is 13.3. The number of aryl methyl sites for hydroxylation is 1. The number of alkyl halides is 2. The Kier molecular flexibility index (Phi) is 8.48. The van der Waals surface area contributed by atoms with Gasteiger partial charge in [-0.15, -0.1) is 0 Å². The maximum atomic E-state index is 13.3. The fourth-order valence-corrected chi connectivity index (χ4v) is 4.69. The summed E-state index contributed by atoms with van der Waals surface area (Å²) in [6.45, 7) is -1.06. The molecular formula is C26H19Cl2F2N3O3S. The lowest BCUT2D eigenvalue weighted by atomic mass is 10.2. The van der Waals surface area contributed by atoms with Crippen LogP contribution in [0, 0.1) is 6.92 Å². The van der Waals surface area contributed by atoms with Crippen molar-refractivity contribution in [1.29, 1.82) is 0 Å². The maximum Gasteiger partial charge on any atom is 0.387 e. The van der Waals surface area contributed by atoms with Crippen LogP contribution in [0.4, 0.5) is 20.2 Å². The predicted molar refractivity (Wildman–Crippen MR) is 145 cm³/mol. The minimum absolute atomic E-state index is 0.0296. The van der Waals surface area contributed by atoms with Crippen LogP contribution in [0.3, 0.4) is 0 Å². The number of thioether (sulfide) groups is 1. The van der Waals surface area contributed by atoms with E-state index < -0.39 is 12.5 Å². The lowest BCUT2D eigenvalue weighted by Crippen LogP contribution is -2.31. The van der Waals surface area contributed by atoms with Crippen LogP contribution in [0.1, 0.15) is 11.1 Å². The second-order valence-corrected chi connectivity index (χ2v) is 9.60. The van der Waals surface area contributed by atoms with E-state index in [0.717, 1.165) is 17.3 Å². The number of ether oxygens (including phenoxy) is 1. The molecule has 0 atom stereocenters. The van der Waals surface area contributed by atoms with Crippen LogP contribution in [-0.2, 0) is 9.59 Å². The first-order chi connectivity index (χ1) is 17.7. The molecular weight excluding hydrogens is 543 g/mol. The second kappa shape index (κ2) is 11.8. The van der Waals surface area contributed by atoms with Crippen LogP contribution in [0.2, 0.25) is 10.0 Å². The number of aliphatic imine (C=N–C) groups is 1. The number of carbonyl (C=O) groups is 2. The fourth-order valence-electron chi connectivity index (χ4n) is 3.41. The van der Waals surface area contributed by atoms with Crippen LogP contribution in [0.5, 0.6) is 5.75 Å². The predicted octanol–water partition coefficient (Wildman–Crippen LogP) is 7.02. The minimum Gasteiger partial charge on any atom is -0.435 e. The van der Waals surface area contributed by atoms with E-state index >= 15 is 0 Å². The van der Waals surface area contributed by atoms with E-state index in [0.29, 0.717) is 27.0 Å². The molecule has 0 aliphatic carbocycles. The van der Waals surface area contributed by atoms with Crippen molar-refractivity contribution in [1.82, 2.24) is 0 Å². The SMILES string of the molecule is Cc1cccc(NC(=O)CSC2=N/C(=C/c3ccc(Cl)cc3Cl)C(=O)N2c2ccc(OC(F)F)cc2)c1. The number of nitrogens with one attached hydrogen (secondary N) is 1. The van der Waals surface area contributed by atoms with Crippen molar-refractivity contribution in [3.8, 4) is 5.75 Å². The van der Waals surface area contributed by atoms with Gasteiger partial charge in [-0.2, -0.15) is 8.78 Å².